The second-order valence-corrected chi connectivity index (χ2v) is 5.15. The van der Waals surface area contributed by atoms with E-state index in [9.17, 15) is 4.79 Å². The lowest BCUT2D eigenvalue weighted by molar-refractivity contribution is 0.101. The normalized spacial score (nSPS) is 10.3. The van der Waals surface area contributed by atoms with Gasteiger partial charge in [-0.1, -0.05) is 18.2 Å². The topological polar surface area (TPSA) is 35.5 Å². The van der Waals surface area contributed by atoms with Crippen molar-refractivity contribution in [3.05, 3.63) is 52.6 Å². The fourth-order valence-electron chi connectivity index (χ4n) is 2.31. The van der Waals surface area contributed by atoms with E-state index in [2.05, 4.69) is 6.07 Å². The number of carbonyl (C=O) groups excluding carboxylic acids is 1. The van der Waals surface area contributed by atoms with Crippen molar-refractivity contribution in [2.75, 3.05) is 7.11 Å². The molecule has 0 heterocycles. The van der Waals surface area contributed by atoms with E-state index >= 15 is 0 Å². The van der Waals surface area contributed by atoms with Crippen molar-refractivity contribution in [3.8, 4) is 17.2 Å². The first kappa shape index (κ1) is 15.1. The van der Waals surface area contributed by atoms with E-state index in [-0.39, 0.29) is 5.78 Å². The summed E-state index contributed by atoms with van der Waals surface area (Å²) < 4.78 is 11.3. The molecule has 110 valence electrons. The number of benzene rings is 2. The van der Waals surface area contributed by atoms with Crippen molar-refractivity contribution >= 4 is 5.78 Å². The number of hydrogen-bond acceptors (Lipinski definition) is 3. The highest BCUT2D eigenvalue weighted by Gasteiger charge is 2.17. The zero-order valence-corrected chi connectivity index (χ0v) is 13.1. The van der Waals surface area contributed by atoms with Gasteiger partial charge in [-0.25, -0.2) is 0 Å². The van der Waals surface area contributed by atoms with Crippen LogP contribution in [-0.2, 0) is 0 Å². The second-order valence-electron chi connectivity index (χ2n) is 5.15. The summed E-state index contributed by atoms with van der Waals surface area (Å²) in [5.74, 6) is 1.78. The van der Waals surface area contributed by atoms with Crippen LogP contribution in [0.15, 0.2) is 30.3 Å². The molecule has 2 aromatic rings. The minimum Gasteiger partial charge on any atom is -0.496 e. The lowest BCUT2D eigenvalue weighted by Gasteiger charge is -2.16. The minimum absolute atomic E-state index is 0.0783. The number of ketones is 1. The lowest BCUT2D eigenvalue weighted by atomic mass is 10.0. The average molecular weight is 284 g/mol. The van der Waals surface area contributed by atoms with Crippen LogP contribution >= 0.6 is 0 Å². The van der Waals surface area contributed by atoms with Crippen LogP contribution in [0, 0.1) is 20.8 Å². The van der Waals surface area contributed by atoms with Gasteiger partial charge in [-0.05, 0) is 56.5 Å². The smallest absolute Gasteiger partial charge is 0.167 e. The first-order valence-corrected chi connectivity index (χ1v) is 6.88. The Labute approximate surface area is 125 Å². The molecule has 0 radical (unpaired) electrons. The quantitative estimate of drug-likeness (QED) is 0.769. The van der Waals surface area contributed by atoms with Crippen LogP contribution in [-0.4, -0.2) is 12.9 Å². The monoisotopic (exact) mass is 284 g/mol. The third kappa shape index (κ3) is 2.92. The Morgan fingerprint density at radius 2 is 1.57 bits per heavy atom. The Hall–Kier alpha value is -2.29. The van der Waals surface area contributed by atoms with E-state index in [4.69, 9.17) is 9.47 Å². The van der Waals surface area contributed by atoms with Crippen molar-refractivity contribution < 1.29 is 14.3 Å². The highest BCUT2D eigenvalue weighted by Crippen LogP contribution is 2.35. The predicted octanol–water partition coefficient (Wildman–Crippen LogP) is 4.62. The van der Waals surface area contributed by atoms with Gasteiger partial charge in [0.1, 0.15) is 22.8 Å². The van der Waals surface area contributed by atoms with Crippen molar-refractivity contribution in [2.45, 2.75) is 27.7 Å². The van der Waals surface area contributed by atoms with Crippen molar-refractivity contribution in [3.63, 3.8) is 0 Å². The van der Waals surface area contributed by atoms with Gasteiger partial charge >= 0.3 is 0 Å². The standard InChI is InChI=1S/C18H20O3/c1-11-9-10-12(2)18(13(11)3)21-16-8-6-7-15(20-5)17(16)14(4)19/h6-10H,1-5H3. The number of Topliss-reactive ketones (excluding diaryl/α,β-unsaturated/α-hetero) is 1. The molecule has 3 nitrogen and oxygen atoms in total. The predicted molar refractivity (Wildman–Crippen MR) is 83.7 cm³/mol. The van der Waals surface area contributed by atoms with E-state index in [1.807, 2.05) is 32.9 Å². The van der Waals surface area contributed by atoms with E-state index in [1.165, 1.54) is 6.92 Å². The van der Waals surface area contributed by atoms with Gasteiger partial charge in [-0.2, -0.15) is 0 Å². The van der Waals surface area contributed by atoms with Crippen LogP contribution in [0.2, 0.25) is 0 Å². The number of carbonyl (C=O) groups is 1. The highest BCUT2D eigenvalue weighted by molar-refractivity contribution is 5.99. The van der Waals surface area contributed by atoms with Crippen LogP contribution in [0.5, 0.6) is 17.2 Å². The molecular formula is C18H20O3. The molecule has 0 aliphatic carbocycles. The third-order valence-electron chi connectivity index (χ3n) is 3.65. The van der Waals surface area contributed by atoms with Crippen LogP contribution < -0.4 is 9.47 Å². The molecule has 0 aliphatic rings. The third-order valence-corrected chi connectivity index (χ3v) is 3.65. The van der Waals surface area contributed by atoms with Crippen LogP contribution in [0.25, 0.3) is 0 Å². The number of methoxy groups -OCH3 is 1. The number of aryl methyl sites for hydroxylation is 2. The van der Waals surface area contributed by atoms with Crippen molar-refractivity contribution in [1.82, 2.24) is 0 Å². The second kappa shape index (κ2) is 6.00. The Bertz CT molecular complexity index is 687. The summed E-state index contributed by atoms with van der Waals surface area (Å²) in [6.07, 6.45) is 0. The summed E-state index contributed by atoms with van der Waals surface area (Å²) in [4.78, 5) is 11.9. The number of hydrogen-bond donors (Lipinski definition) is 0. The Morgan fingerprint density at radius 1 is 0.952 bits per heavy atom. The molecule has 0 aromatic heterocycles. The molecule has 3 heteroatoms. The zero-order chi connectivity index (χ0) is 15.6. The average Bonchev–Trinajstić information content (AvgIpc) is 2.47. The molecule has 0 aliphatic heterocycles. The van der Waals surface area contributed by atoms with E-state index in [0.29, 0.717) is 17.1 Å². The molecule has 0 amide bonds. The summed E-state index contributed by atoms with van der Waals surface area (Å²) in [5.41, 5.74) is 3.74. The van der Waals surface area contributed by atoms with E-state index in [1.54, 1.807) is 19.2 Å². The molecule has 0 saturated carbocycles. The molecule has 0 N–H and O–H groups in total. The molecular weight excluding hydrogens is 264 g/mol. The van der Waals surface area contributed by atoms with Crippen LogP contribution in [0.1, 0.15) is 34.0 Å². The lowest BCUT2D eigenvalue weighted by Crippen LogP contribution is -2.02. The van der Waals surface area contributed by atoms with Crippen molar-refractivity contribution in [2.24, 2.45) is 0 Å². The van der Waals surface area contributed by atoms with Gasteiger partial charge < -0.3 is 9.47 Å². The maximum atomic E-state index is 11.9. The maximum absolute atomic E-state index is 11.9. The van der Waals surface area contributed by atoms with Gasteiger partial charge in [0.05, 0.1) is 7.11 Å². The molecule has 0 atom stereocenters. The summed E-state index contributed by atoms with van der Waals surface area (Å²) in [5, 5.41) is 0. The molecule has 0 bridgehead atoms. The first-order chi connectivity index (χ1) is 9.95. The Morgan fingerprint density at radius 3 is 2.19 bits per heavy atom. The van der Waals surface area contributed by atoms with Gasteiger partial charge in [-0.15, -0.1) is 0 Å². The van der Waals surface area contributed by atoms with Gasteiger partial charge in [0.15, 0.2) is 5.78 Å². The summed E-state index contributed by atoms with van der Waals surface area (Å²) in [6, 6.07) is 9.46. The van der Waals surface area contributed by atoms with Gasteiger partial charge in [-0.3, -0.25) is 4.79 Å². The molecule has 0 unspecified atom stereocenters. The van der Waals surface area contributed by atoms with E-state index in [0.717, 1.165) is 22.4 Å². The van der Waals surface area contributed by atoms with Crippen LogP contribution in [0.3, 0.4) is 0 Å². The van der Waals surface area contributed by atoms with Crippen molar-refractivity contribution in [1.29, 1.82) is 0 Å². The Kier molecular flexibility index (Phi) is 4.32. The summed E-state index contributed by atoms with van der Waals surface area (Å²) in [7, 11) is 1.55. The molecule has 21 heavy (non-hydrogen) atoms. The molecule has 2 rings (SSSR count). The van der Waals surface area contributed by atoms with Gasteiger partial charge in [0.25, 0.3) is 0 Å². The SMILES string of the molecule is COc1cccc(Oc2c(C)ccc(C)c2C)c1C(C)=O. The Balaban J connectivity index is 2.55. The number of rotatable bonds is 4. The fraction of sp³-hybridized carbons (Fsp3) is 0.278. The van der Waals surface area contributed by atoms with Crippen LogP contribution in [0.4, 0.5) is 0 Å². The largest absolute Gasteiger partial charge is 0.496 e. The molecule has 0 fully saturated rings. The summed E-state index contributed by atoms with van der Waals surface area (Å²) in [6.45, 7) is 7.57. The minimum atomic E-state index is -0.0783. The van der Waals surface area contributed by atoms with Gasteiger partial charge in [0, 0.05) is 0 Å². The number of ether oxygens (including phenoxy) is 2. The van der Waals surface area contributed by atoms with E-state index < -0.39 is 0 Å². The summed E-state index contributed by atoms with van der Waals surface area (Å²) >= 11 is 0. The first-order valence-electron chi connectivity index (χ1n) is 6.88. The molecule has 0 saturated heterocycles. The zero-order valence-electron chi connectivity index (χ0n) is 13.1. The molecule has 0 spiro atoms. The molecule has 2 aromatic carbocycles. The fourth-order valence-corrected chi connectivity index (χ4v) is 2.31. The van der Waals surface area contributed by atoms with Gasteiger partial charge in [0.2, 0.25) is 0 Å². The highest BCUT2D eigenvalue weighted by atomic mass is 16.5. The maximum Gasteiger partial charge on any atom is 0.167 e.